The van der Waals surface area contributed by atoms with Crippen LogP contribution < -0.4 is 0 Å². The van der Waals surface area contributed by atoms with E-state index >= 15 is 0 Å². The molecule has 3 heteroatoms. The molecule has 0 aliphatic heterocycles. The third-order valence-electron chi connectivity index (χ3n) is 5.90. The molecule has 0 rings (SSSR count). The van der Waals surface area contributed by atoms with Crippen molar-refractivity contribution in [2.75, 3.05) is 0 Å². The lowest BCUT2D eigenvalue weighted by atomic mass is 10.2. The first-order valence-electron chi connectivity index (χ1n) is 12.9. The molecule has 0 atom stereocenters. The fourth-order valence-electron chi connectivity index (χ4n) is 4.03. The summed E-state index contributed by atoms with van der Waals surface area (Å²) in [6.45, 7) is 9.30. The van der Waals surface area contributed by atoms with Gasteiger partial charge in [0.2, 0.25) is 0 Å². The van der Waals surface area contributed by atoms with E-state index in [2.05, 4.69) is 27.7 Å². The first-order chi connectivity index (χ1) is 13.3. The van der Waals surface area contributed by atoms with Crippen molar-refractivity contribution in [3.05, 3.63) is 0 Å². The Morgan fingerprint density at radius 2 is 0.630 bits per heavy atom. The second-order valence-corrected chi connectivity index (χ2v) is 14.7. The molecule has 160 valence electrons. The molecule has 0 saturated heterocycles. The maximum Gasteiger partial charge on any atom is 0.430 e. The van der Waals surface area contributed by atoms with Crippen molar-refractivity contribution in [1.82, 2.24) is 0 Å². The highest BCUT2D eigenvalue weighted by molar-refractivity contribution is 6.66. The lowest BCUT2D eigenvalue weighted by Gasteiger charge is -2.21. The molecule has 0 heterocycles. The van der Waals surface area contributed by atoms with Gasteiger partial charge in [0.05, 0.1) is 0 Å². The fourth-order valence-corrected chi connectivity index (χ4v) is 11.9. The van der Waals surface area contributed by atoms with E-state index in [4.69, 9.17) is 2.84 Å². The first-order valence-corrected chi connectivity index (χ1v) is 17.1. The Morgan fingerprint density at radius 3 is 0.852 bits per heavy atom. The number of hydrogen-bond donors (Lipinski definition) is 0. The zero-order valence-corrected chi connectivity index (χ0v) is 22.0. The molecule has 0 fully saturated rings. The van der Waals surface area contributed by atoms with Crippen LogP contribution in [-0.4, -0.2) is 29.0 Å². The molecular weight excluding hydrogens is 358 g/mol. The van der Waals surface area contributed by atoms with Gasteiger partial charge in [0.1, 0.15) is 0 Å². The first kappa shape index (κ1) is 28.0. The van der Waals surface area contributed by atoms with Crippen molar-refractivity contribution < 1.29 is 2.84 Å². The van der Waals surface area contributed by atoms with Gasteiger partial charge in [-0.3, -0.25) is 0 Å². The van der Waals surface area contributed by atoms with E-state index in [0.717, 1.165) is 0 Å². The lowest BCUT2D eigenvalue weighted by Crippen LogP contribution is -2.29. The molecular formula is C24H52Al2O. The SMILES string of the molecule is CCCCC[CH2][Al]([CH2]CCCCC)[O][Al]([CH2]CCCCC)[CH2]CCCCC. The topological polar surface area (TPSA) is 9.23 Å². The molecule has 0 aromatic rings. The summed E-state index contributed by atoms with van der Waals surface area (Å²) >= 11 is -1.87. The highest BCUT2D eigenvalue weighted by atomic mass is 27.3. The zero-order chi connectivity index (χ0) is 20.0. The van der Waals surface area contributed by atoms with Crippen molar-refractivity contribution in [2.24, 2.45) is 0 Å². The maximum absolute atomic E-state index is 7.05. The number of hydrogen-bond acceptors (Lipinski definition) is 1. The van der Waals surface area contributed by atoms with Crippen LogP contribution in [0.2, 0.25) is 21.1 Å². The molecule has 0 amide bonds. The summed E-state index contributed by atoms with van der Waals surface area (Å²) in [6, 6.07) is 0. The quantitative estimate of drug-likeness (QED) is 0.128. The normalized spacial score (nSPS) is 11.1. The summed E-state index contributed by atoms with van der Waals surface area (Å²) in [5.41, 5.74) is 0. The van der Waals surface area contributed by atoms with Crippen LogP contribution in [0.1, 0.15) is 130 Å². The maximum atomic E-state index is 7.05. The second-order valence-electron chi connectivity index (χ2n) is 8.78. The Labute approximate surface area is 182 Å². The van der Waals surface area contributed by atoms with E-state index in [1.54, 1.807) is 0 Å². The van der Waals surface area contributed by atoms with Gasteiger partial charge in [-0.15, -0.1) is 0 Å². The van der Waals surface area contributed by atoms with Crippen LogP contribution in [-0.2, 0) is 2.84 Å². The van der Waals surface area contributed by atoms with Crippen molar-refractivity contribution in [3.8, 4) is 0 Å². The van der Waals surface area contributed by atoms with Gasteiger partial charge in [0.15, 0.2) is 0 Å². The van der Waals surface area contributed by atoms with Crippen molar-refractivity contribution >= 4 is 29.0 Å². The molecule has 0 aromatic heterocycles. The smallest absolute Gasteiger partial charge is 0.430 e. The lowest BCUT2D eigenvalue weighted by molar-refractivity contribution is 0.537. The van der Waals surface area contributed by atoms with E-state index in [0.29, 0.717) is 0 Å². The molecule has 0 aromatic carbocycles. The largest absolute Gasteiger partial charge is 0.636 e. The van der Waals surface area contributed by atoms with Crippen LogP contribution in [0.15, 0.2) is 0 Å². The van der Waals surface area contributed by atoms with E-state index in [1.165, 1.54) is 124 Å². The second kappa shape index (κ2) is 23.3. The Hall–Kier alpha value is 1.02. The Balaban J connectivity index is 4.42. The minimum Gasteiger partial charge on any atom is -0.636 e. The van der Waals surface area contributed by atoms with Crippen LogP contribution in [0, 0.1) is 0 Å². The molecule has 0 spiro atoms. The van der Waals surface area contributed by atoms with E-state index in [9.17, 15) is 0 Å². The fraction of sp³-hybridized carbons (Fsp3) is 1.00. The molecule has 0 radical (unpaired) electrons. The average Bonchev–Trinajstić information content (AvgIpc) is 2.68. The van der Waals surface area contributed by atoms with Crippen LogP contribution in [0.4, 0.5) is 0 Å². The van der Waals surface area contributed by atoms with E-state index < -0.39 is 29.0 Å². The third-order valence-corrected chi connectivity index (χ3v) is 13.2. The van der Waals surface area contributed by atoms with E-state index in [-0.39, 0.29) is 0 Å². The zero-order valence-electron chi connectivity index (χ0n) is 19.7. The average molecular weight is 411 g/mol. The highest BCUT2D eigenvalue weighted by Crippen LogP contribution is 2.20. The Kier molecular flexibility index (Phi) is 24.2. The molecule has 1 nitrogen and oxygen atoms in total. The molecule has 27 heavy (non-hydrogen) atoms. The summed E-state index contributed by atoms with van der Waals surface area (Å²) in [4.78, 5) is 0. The Morgan fingerprint density at radius 1 is 0.370 bits per heavy atom. The van der Waals surface area contributed by atoms with Crippen molar-refractivity contribution in [1.29, 1.82) is 0 Å². The molecule has 0 bridgehead atoms. The molecule has 0 unspecified atom stereocenters. The Bertz CT molecular complexity index is 223. The van der Waals surface area contributed by atoms with Gasteiger partial charge >= 0.3 is 29.0 Å². The summed E-state index contributed by atoms with van der Waals surface area (Å²) in [7, 11) is 0. The minimum atomic E-state index is -0.933. The van der Waals surface area contributed by atoms with Gasteiger partial charge in [0.25, 0.3) is 0 Å². The predicted molar refractivity (Wildman–Crippen MR) is 128 cm³/mol. The monoisotopic (exact) mass is 410 g/mol. The van der Waals surface area contributed by atoms with E-state index in [1.807, 2.05) is 0 Å². The predicted octanol–water partition coefficient (Wildman–Crippen LogP) is 9.31. The molecule has 0 N–H and O–H groups in total. The summed E-state index contributed by atoms with van der Waals surface area (Å²) < 4.78 is 7.05. The molecule has 0 saturated carbocycles. The van der Waals surface area contributed by atoms with Crippen molar-refractivity contribution in [2.45, 2.75) is 152 Å². The van der Waals surface area contributed by atoms with Gasteiger partial charge < -0.3 is 2.84 Å². The van der Waals surface area contributed by atoms with Crippen molar-refractivity contribution in [3.63, 3.8) is 0 Å². The van der Waals surface area contributed by atoms with Crippen LogP contribution in [0.25, 0.3) is 0 Å². The van der Waals surface area contributed by atoms with Gasteiger partial charge in [-0.25, -0.2) is 0 Å². The highest BCUT2D eigenvalue weighted by Gasteiger charge is 2.27. The number of rotatable bonds is 22. The third kappa shape index (κ3) is 20.1. The summed E-state index contributed by atoms with van der Waals surface area (Å²) in [6.07, 6.45) is 22.7. The number of unbranched alkanes of at least 4 members (excludes halogenated alkanes) is 12. The van der Waals surface area contributed by atoms with Gasteiger partial charge in [-0.05, 0) is 0 Å². The van der Waals surface area contributed by atoms with Crippen LogP contribution in [0.5, 0.6) is 0 Å². The van der Waals surface area contributed by atoms with Gasteiger partial charge in [-0.2, -0.15) is 0 Å². The van der Waals surface area contributed by atoms with Gasteiger partial charge in [-0.1, -0.05) is 152 Å². The van der Waals surface area contributed by atoms with Crippen LogP contribution in [0.3, 0.4) is 0 Å². The van der Waals surface area contributed by atoms with Gasteiger partial charge in [0, 0.05) is 0 Å². The summed E-state index contributed by atoms with van der Waals surface area (Å²) in [5, 5.41) is 5.89. The van der Waals surface area contributed by atoms with Crippen LogP contribution >= 0.6 is 0 Å². The minimum absolute atomic E-state index is 0.933. The standard InChI is InChI=1S/4C6H13.2Al.O/c4*1-3-5-6-4-2;;;/h4*1,3-6H2,2H3;;;. The molecule has 0 aliphatic carbocycles. The molecule has 0 aliphatic rings. The summed E-state index contributed by atoms with van der Waals surface area (Å²) in [5.74, 6) is 0.